The van der Waals surface area contributed by atoms with Crippen molar-refractivity contribution in [2.24, 2.45) is 5.92 Å². The van der Waals surface area contributed by atoms with Crippen LogP contribution in [0, 0.1) is 12.8 Å². The van der Waals surface area contributed by atoms with Crippen LogP contribution in [0.2, 0.25) is 0 Å². The number of ether oxygens (including phenoxy) is 1. The second kappa shape index (κ2) is 5.14. The molecule has 2 aromatic rings. The molecule has 0 aliphatic heterocycles. The Hall–Kier alpha value is -1.62. The first-order valence-electron chi connectivity index (χ1n) is 5.74. The highest BCUT2D eigenvalue weighted by Gasteiger charge is 2.06. The quantitative estimate of drug-likeness (QED) is 0.856. The van der Waals surface area contributed by atoms with Crippen molar-refractivity contribution in [1.29, 1.82) is 0 Å². The van der Waals surface area contributed by atoms with E-state index < -0.39 is 0 Å². The molecule has 0 aliphatic rings. The summed E-state index contributed by atoms with van der Waals surface area (Å²) in [6, 6.07) is 2.02. The number of nitrogens with zero attached hydrogens (tertiary/aromatic N) is 3. The van der Waals surface area contributed by atoms with Crippen molar-refractivity contribution < 1.29 is 4.74 Å². The standard InChI is InChI=1S/C12H18N4O/c1-9(8-17-3)7-14-12-11-6-10(2)15-16(11)5-4-13-12/h4-6,9H,7-8H2,1-3H3,(H,13,14). The van der Waals surface area contributed by atoms with E-state index in [9.17, 15) is 0 Å². The van der Waals surface area contributed by atoms with Crippen molar-refractivity contribution in [3.63, 3.8) is 0 Å². The van der Waals surface area contributed by atoms with Gasteiger partial charge in [0.2, 0.25) is 0 Å². The van der Waals surface area contributed by atoms with Gasteiger partial charge in [0.05, 0.1) is 12.3 Å². The predicted molar refractivity (Wildman–Crippen MR) is 67.3 cm³/mol. The van der Waals surface area contributed by atoms with Crippen LogP contribution in [0.4, 0.5) is 5.82 Å². The number of aryl methyl sites for hydroxylation is 1. The highest BCUT2D eigenvalue weighted by Crippen LogP contribution is 2.14. The van der Waals surface area contributed by atoms with Crippen LogP contribution in [0.25, 0.3) is 5.52 Å². The van der Waals surface area contributed by atoms with Crippen molar-refractivity contribution >= 4 is 11.3 Å². The Morgan fingerprint density at radius 2 is 2.35 bits per heavy atom. The van der Waals surface area contributed by atoms with Crippen LogP contribution in [0.5, 0.6) is 0 Å². The van der Waals surface area contributed by atoms with E-state index >= 15 is 0 Å². The van der Waals surface area contributed by atoms with Gasteiger partial charge in [-0.25, -0.2) is 9.50 Å². The molecular weight excluding hydrogens is 216 g/mol. The smallest absolute Gasteiger partial charge is 0.152 e. The zero-order valence-corrected chi connectivity index (χ0v) is 10.5. The van der Waals surface area contributed by atoms with E-state index in [-0.39, 0.29) is 0 Å². The first-order chi connectivity index (χ1) is 8.20. The average molecular weight is 234 g/mol. The monoisotopic (exact) mass is 234 g/mol. The van der Waals surface area contributed by atoms with Gasteiger partial charge in [-0.2, -0.15) is 5.10 Å². The van der Waals surface area contributed by atoms with Crippen LogP contribution in [0.3, 0.4) is 0 Å². The van der Waals surface area contributed by atoms with Gasteiger partial charge in [0.25, 0.3) is 0 Å². The molecule has 5 heteroatoms. The Bertz CT molecular complexity index is 494. The van der Waals surface area contributed by atoms with E-state index in [4.69, 9.17) is 4.74 Å². The summed E-state index contributed by atoms with van der Waals surface area (Å²) in [5, 5.41) is 7.68. The number of rotatable bonds is 5. The Kier molecular flexibility index (Phi) is 3.58. The van der Waals surface area contributed by atoms with E-state index in [2.05, 4.69) is 22.3 Å². The molecule has 1 atom stereocenters. The maximum Gasteiger partial charge on any atom is 0.152 e. The molecule has 0 aromatic carbocycles. The van der Waals surface area contributed by atoms with Crippen molar-refractivity contribution in [1.82, 2.24) is 14.6 Å². The molecule has 2 heterocycles. The molecule has 0 saturated heterocycles. The molecule has 92 valence electrons. The van der Waals surface area contributed by atoms with Gasteiger partial charge < -0.3 is 10.1 Å². The molecule has 5 nitrogen and oxygen atoms in total. The fourth-order valence-corrected chi connectivity index (χ4v) is 1.79. The molecule has 2 rings (SSSR count). The minimum atomic E-state index is 0.450. The van der Waals surface area contributed by atoms with E-state index in [1.54, 1.807) is 13.3 Å². The highest BCUT2D eigenvalue weighted by molar-refractivity contribution is 5.67. The third-order valence-corrected chi connectivity index (χ3v) is 2.58. The lowest BCUT2D eigenvalue weighted by Gasteiger charge is -2.12. The molecule has 0 aliphatic carbocycles. The second-order valence-corrected chi connectivity index (χ2v) is 4.33. The minimum absolute atomic E-state index is 0.450. The van der Waals surface area contributed by atoms with Gasteiger partial charge in [0.1, 0.15) is 5.52 Å². The minimum Gasteiger partial charge on any atom is -0.384 e. The maximum atomic E-state index is 5.11. The Labute approximate surface area is 101 Å². The van der Waals surface area contributed by atoms with Gasteiger partial charge >= 0.3 is 0 Å². The molecule has 0 amide bonds. The summed E-state index contributed by atoms with van der Waals surface area (Å²) in [5.41, 5.74) is 2.00. The van der Waals surface area contributed by atoms with Gasteiger partial charge in [-0.05, 0) is 18.9 Å². The van der Waals surface area contributed by atoms with Crippen LogP contribution in [-0.2, 0) is 4.74 Å². The Morgan fingerprint density at radius 1 is 1.53 bits per heavy atom. The van der Waals surface area contributed by atoms with Gasteiger partial charge in [-0.3, -0.25) is 0 Å². The summed E-state index contributed by atoms with van der Waals surface area (Å²) in [6.07, 6.45) is 3.61. The van der Waals surface area contributed by atoms with Crippen LogP contribution in [0.1, 0.15) is 12.6 Å². The molecule has 0 fully saturated rings. The van der Waals surface area contributed by atoms with Crippen molar-refractivity contribution in [2.75, 3.05) is 25.6 Å². The largest absolute Gasteiger partial charge is 0.384 e. The molecule has 0 bridgehead atoms. The predicted octanol–water partition coefficient (Wildman–Crippen LogP) is 1.73. The normalized spacial score (nSPS) is 12.9. The maximum absolute atomic E-state index is 5.11. The highest BCUT2D eigenvalue weighted by atomic mass is 16.5. The summed E-state index contributed by atoms with van der Waals surface area (Å²) >= 11 is 0. The summed E-state index contributed by atoms with van der Waals surface area (Å²) in [4.78, 5) is 4.34. The number of anilines is 1. The zero-order chi connectivity index (χ0) is 12.3. The van der Waals surface area contributed by atoms with Gasteiger partial charge in [-0.1, -0.05) is 6.92 Å². The van der Waals surface area contributed by atoms with Crippen LogP contribution >= 0.6 is 0 Å². The third-order valence-electron chi connectivity index (χ3n) is 2.58. The van der Waals surface area contributed by atoms with Gasteiger partial charge in [0, 0.05) is 26.0 Å². The summed E-state index contributed by atoms with van der Waals surface area (Å²) in [6.45, 7) is 5.70. The second-order valence-electron chi connectivity index (χ2n) is 4.33. The lowest BCUT2D eigenvalue weighted by Crippen LogP contribution is -2.16. The number of hydrogen-bond donors (Lipinski definition) is 1. The van der Waals surface area contributed by atoms with E-state index in [1.165, 1.54) is 0 Å². The molecular formula is C12H18N4O. The van der Waals surface area contributed by atoms with E-state index in [1.807, 2.05) is 23.7 Å². The summed E-state index contributed by atoms with van der Waals surface area (Å²) in [7, 11) is 1.72. The number of aromatic nitrogens is 3. The lowest BCUT2D eigenvalue weighted by molar-refractivity contribution is 0.164. The fraction of sp³-hybridized carbons (Fsp3) is 0.500. The molecule has 1 unspecified atom stereocenters. The topological polar surface area (TPSA) is 51.5 Å². The first-order valence-corrected chi connectivity index (χ1v) is 5.74. The van der Waals surface area contributed by atoms with Gasteiger partial charge in [0.15, 0.2) is 5.82 Å². The number of fused-ring (bicyclic) bond motifs is 1. The van der Waals surface area contributed by atoms with Crippen LogP contribution in [-0.4, -0.2) is 34.9 Å². The lowest BCUT2D eigenvalue weighted by atomic mass is 10.2. The molecule has 1 N–H and O–H groups in total. The number of hydrogen-bond acceptors (Lipinski definition) is 4. The van der Waals surface area contributed by atoms with Gasteiger partial charge in [-0.15, -0.1) is 0 Å². The number of nitrogens with one attached hydrogen (secondary N) is 1. The van der Waals surface area contributed by atoms with E-state index in [0.717, 1.165) is 30.2 Å². The Morgan fingerprint density at radius 3 is 3.12 bits per heavy atom. The average Bonchev–Trinajstić information content (AvgIpc) is 2.67. The molecule has 0 radical (unpaired) electrons. The van der Waals surface area contributed by atoms with Crippen LogP contribution < -0.4 is 5.32 Å². The molecule has 0 saturated carbocycles. The van der Waals surface area contributed by atoms with Crippen molar-refractivity contribution in [3.05, 3.63) is 24.2 Å². The van der Waals surface area contributed by atoms with Crippen LogP contribution in [0.15, 0.2) is 18.5 Å². The Balaban J connectivity index is 2.12. The fourth-order valence-electron chi connectivity index (χ4n) is 1.79. The first kappa shape index (κ1) is 11.9. The summed E-state index contributed by atoms with van der Waals surface area (Å²) < 4.78 is 6.94. The summed E-state index contributed by atoms with van der Waals surface area (Å²) in [5.74, 6) is 1.32. The SMILES string of the molecule is COCC(C)CNc1nccn2nc(C)cc12. The zero-order valence-electron chi connectivity index (χ0n) is 10.5. The van der Waals surface area contributed by atoms with Crippen molar-refractivity contribution in [2.45, 2.75) is 13.8 Å². The van der Waals surface area contributed by atoms with Crippen molar-refractivity contribution in [3.8, 4) is 0 Å². The van der Waals surface area contributed by atoms with E-state index in [0.29, 0.717) is 5.92 Å². The number of methoxy groups -OCH3 is 1. The molecule has 17 heavy (non-hydrogen) atoms. The molecule has 0 spiro atoms. The third kappa shape index (κ3) is 2.74. The molecule has 2 aromatic heterocycles.